The Bertz CT molecular complexity index is 720. The predicted molar refractivity (Wildman–Crippen MR) is 78.5 cm³/mol. The van der Waals surface area contributed by atoms with Crippen LogP contribution in [-0.2, 0) is 6.54 Å². The van der Waals surface area contributed by atoms with Crippen molar-refractivity contribution in [2.75, 3.05) is 5.32 Å². The number of nitrogens with one attached hydrogen (secondary N) is 1. The highest BCUT2D eigenvalue weighted by molar-refractivity contribution is 7.09. The Morgan fingerprint density at radius 1 is 1.05 bits per heavy atom. The summed E-state index contributed by atoms with van der Waals surface area (Å²) in [6.45, 7) is 4.65. The molecule has 0 aliphatic heterocycles. The average Bonchev–Trinajstić information content (AvgIpc) is 2.82. The van der Waals surface area contributed by atoms with E-state index in [9.17, 15) is 0 Å². The van der Waals surface area contributed by atoms with E-state index in [1.54, 1.807) is 11.3 Å². The number of anilines is 1. The second-order valence-electron chi connectivity index (χ2n) is 4.36. The summed E-state index contributed by atoms with van der Waals surface area (Å²) in [7, 11) is 0. The van der Waals surface area contributed by atoms with Crippen molar-refractivity contribution in [3.05, 3.63) is 46.0 Å². The summed E-state index contributed by atoms with van der Waals surface area (Å²) in [4.78, 5) is 13.6. The summed E-state index contributed by atoms with van der Waals surface area (Å²) in [5.74, 6) is 0.823. The van der Waals surface area contributed by atoms with Gasteiger partial charge in [0.1, 0.15) is 5.82 Å². The minimum absolute atomic E-state index is 0.679. The average molecular weight is 270 g/mol. The van der Waals surface area contributed by atoms with Crippen LogP contribution in [-0.4, -0.2) is 15.0 Å². The van der Waals surface area contributed by atoms with E-state index < -0.39 is 0 Å². The SMILES string of the molecule is Cc1nc(CNc2nc3ccccc3nc2C)cs1. The van der Waals surface area contributed by atoms with Gasteiger partial charge < -0.3 is 5.32 Å². The molecular formula is C14H14N4S. The highest BCUT2D eigenvalue weighted by Gasteiger charge is 2.05. The second kappa shape index (κ2) is 4.93. The van der Waals surface area contributed by atoms with Crippen LogP contribution in [0.3, 0.4) is 0 Å². The number of para-hydroxylation sites is 2. The Hall–Kier alpha value is -2.01. The molecule has 1 aromatic carbocycles. The van der Waals surface area contributed by atoms with Crippen LogP contribution in [0.25, 0.3) is 11.0 Å². The third-order valence-electron chi connectivity index (χ3n) is 2.85. The number of nitrogens with zero attached hydrogens (tertiary/aromatic N) is 3. The van der Waals surface area contributed by atoms with Crippen LogP contribution in [0, 0.1) is 13.8 Å². The number of aryl methyl sites for hydroxylation is 2. The van der Waals surface area contributed by atoms with Gasteiger partial charge in [-0.2, -0.15) is 0 Å². The Kier molecular flexibility index (Phi) is 3.13. The fourth-order valence-corrected chi connectivity index (χ4v) is 2.53. The van der Waals surface area contributed by atoms with Gasteiger partial charge in [-0.3, -0.25) is 0 Å². The molecule has 2 heterocycles. The van der Waals surface area contributed by atoms with Crippen molar-refractivity contribution in [3.8, 4) is 0 Å². The first-order chi connectivity index (χ1) is 9.22. The number of fused-ring (bicyclic) bond motifs is 1. The molecule has 0 spiro atoms. The lowest BCUT2D eigenvalue weighted by atomic mass is 10.3. The molecule has 0 saturated heterocycles. The normalized spacial score (nSPS) is 10.8. The third-order valence-corrected chi connectivity index (χ3v) is 3.67. The van der Waals surface area contributed by atoms with Crippen LogP contribution in [0.5, 0.6) is 0 Å². The van der Waals surface area contributed by atoms with Crippen LogP contribution >= 0.6 is 11.3 Å². The molecule has 0 radical (unpaired) electrons. The number of aromatic nitrogens is 3. The van der Waals surface area contributed by atoms with E-state index in [0.29, 0.717) is 6.54 Å². The lowest BCUT2D eigenvalue weighted by Gasteiger charge is -2.08. The molecule has 0 fully saturated rings. The summed E-state index contributed by atoms with van der Waals surface area (Å²) >= 11 is 1.66. The number of hydrogen-bond donors (Lipinski definition) is 1. The van der Waals surface area contributed by atoms with E-state index in [4.69, 9.17) is 0 Å². The van der Waals surface area contributed by atoms with Crippen LogP contribution in [0.4, 0.5) is 5.82 Å². The van der Waals surface area contributed by atoms with Gasteiger partial charge in [0.25, 0.3) is 0 Å². The topological polar surface area (TPSA) is 50.7 Å². The summed E-state index contributed by atoms with van der Waals surface area (Å²) in [5, 5.41) is 6.45. The van der Waals surface area contributed by atoms with E-state index >= 15 is 0 Å². The maximum Gasteiger partial charge on any atom is 0.148 e. The van der Waals surface area contributed by atoms with Gasteiger partial charge in [-0.25, -0.2) is 15.0 Å². The van der Waals surface area contributed by atoms with Crippen molar-refractivity contribution in [3.63, 3.8) is 0 Å². The van der Waals surface area contributed by atoms with Crippen molar-refractivity contribution in [1.82, 2.24) is 15.0 Å². The monoisotopic (exact) mass is 270 g/mol. The molecular weight excluding hydrogens is 256 g/mol. The highest BCUT2D eigenvalue weighted by Crippen LogP contribution is 2.17. The lowest BCUT2D eigenvalue weighted by Crippen LogP contribution is -2.05. The molecule has 4 nitrogen and oxygen atoms in total. The van der Waals surface area contributed by atoms with Crippen molar-refractivity contribution in [1.29, 1.82) is 0 Å². The summed E-state index contributed by atoms with van der Waals surface area (Å²) in [6, 6.07) is 7.89. The summed E-state index contributed by atoms with van der Waals surface area (Å²) in [6.07, 6.45) is 0. The Balaban J connectivity index is 1.86. The zero-order valence-corrected chi connectivity index (χ0v) is 11.7. The van der Waals surface area contributed by atoms with Crippen molar-refractivity contribution < 1.29 is 0 Å². The smallest absolute Gasteiger partial charge is 0.148 e. The van der Waals surface area contributed by atoms with E-state index in [1.807, 2.05) is 38.1 Å². The van der Waals surface area contributed by atoms with E-state index in [0.717, 1.165) is 33.2 Å². The summed E-state index contributed by atoms with van der Waals surface area (Å²) in [5.41, 5.74) is 3.78. The third kappa shape index (κ3) is 2.56. The standard InChI is InChI=1S/C14H14N4S/c1-9-14(15-7-11-8-19-10(2)17-11)18-13-6-4-3-5-12(13)16-9/h3-6,8H,7H2,1-2H3,(H,15,18). The zero-order chi connectivity index (χ0) is 13.2. The van der Waals surface area contributed by atoms with Crippen molar-refractivity contribution in [2.45, 2.75) is 20.4 Å². The molecule has 0 saturated carbocycles. The fraction of sp³-hybridized carbons (Fsp3) is 0.214. The van der Waals surface area contributed by atoms with Gasteiger partial charge in [0.15, 0.2) is 0 Å². The lowest BCUT2D eigenvalue weighted by molar-refractivity contribution is 1.02. The maximum atomic E-state index is 4.60. The van der Waals surface area contributed by atoms with Gasteiger partial charge >= 0.3 is 0 Å². The van der Waals surface area contributed by atoms with E-state index in [2.05, 4.69) is 25.6 Å². The molecule has 0 bridgehead atoms. The van der Waals surface area contributed by atoms with Gasteiger partial charge in [0.2, 0.25) is 0 Å². The van der Waals surface area contributed by atoms with Crippen LogP contribution in [0.15, 0.2) is 29.6 Å². The Morgan fingerprint density at radius 2 is 1.79 bits per heavy atom. The van der Waals surface area contributed by atoms with Crippen LogP contribution in [0.2, 0.25) is 0 Å². The molecule has 3 aromatic rings. The first-order valence-corrected chi connectivity index (χ1v) is 6.98. The summed E-state index contributed by atoms with van der Waals surface area (Å²) < 4.78 is 0. The Morgan fingerprint density at radius 3 is 2.47 bits per heavy atom. The molecule has 1 N–H and O–H groups in total. The van der Waals surface area contributed by atoms with Gasteiger partial charge in [-0.05, 0) is 26.0 Å². The fourth-order valence-electron chi connectivity index (χ4n) is 1.92. The number of hydrogen-bond acceptors (Lipinski definition) is 5. The van der Waals surface area contributed by atoms with E-state index in [1.165, 1.54) is 0 Å². The first-order valence-electron chi connectivity index (χ1n) is 6.10. The van der Waals surface area contributed by atoms with Gasteiger partial charge in [-0.1, -0.05) is 12.1 Å². The first kappa shape index (κ1) is 12.0. The zero-order valence-electron chi connectivity index (χ0n) is 10.8. The number of benzene rings is 1. The van der Waals surface area contributed by atoms with Crippen molar-refractivity contribution >= 4 is 28.2 Å². The molecule has 3 rings (SSSR count). The minimum Gasteiger partial charge on any atom is -0.363 e. The van der Waals surface area contributed by atoms with Crippen molar-refractivity contribution in [2.24, 2.45) is 0 Å². The molecule has 0 aliphatic carbocycles. The van der Waals surface area contributed by atoms with E-state index in [-0.39, 0.29) is 0 Å². The van der Waals surface area contributed by atoms with Crippen LogP contribution < -0.4 is 5.32 Å². The molecule has 96 valence electrons. The number of thiazole rings is 1. The quantitative estimate of drug-likeness (QED) is 0.793. The highest BCUT2D eigenvalue weighted by atomic mass is 32.1. The largest absolute Gasteiger partial charge is 0.363 e. The maximum absolute atomic E-state index is 4.60. The molecule has 0 amide bonds. The van der Waals surface area contributed by atoms with Crippen LogP contribution in [0.1, 0.15) is 16.4 Å². The molecule has 0 unspecified atom stereocenters. The van der Waals surface area contributed by atoms with Gasteiger partial charge in [0.05, 0.1) is 34.0 Å². The van der Waals surface area contributed by atoms with Gasteiger partial charge in [0, 0.05) is 5.38 Å². The minimum atomic E-state index is 0.679. The molecule has 0 aliphatic rings. The predicted octanol–water partition coefficient (Wildman–Crippen LogP) is 3.32. The molecule has 2 aromatic heterocycles. The van der Waals surface area contributed by atoms with Gasteiger partial charge in [-0.15, -0.1) is 11.3 Å². The molecule has 19 heavy (non-hydrogen) atoms. The molecule has 5 heteroatoms. The Labute approximate surface area is 115 Å². The second-order valence-corrected chi connectivity index (χ2v) is 5.42. The molecule has 0 atom stereocenters. The number of rotatable bonds is 3.